The maximum Gasteiger partial charge on any atom is 0.0782 e. The number of nitrogens with zero attached hydrogens (tertiary/aromatic N) is 1. The van der Waals surface area contributed by atoms with E-state index in [9.17, 15) is 5.11 Å². The van der Waals surface area contributed by atoms with E-state index in [4.69, 9.17) is 0 Å². The highest BCUT2D eigenvalue weighted by Gasteiger charge is 2.36. The Balaban J connectivity index is 1.93. The van der Waals surface area contributed by atoms with E-state index in [1.165, 1.54) is 37.8 Å². The Labute approximate surface area is 123 Å². The third-order valence-corrected chi connectivity index (χ3v) is 5.25. The Kier molecular flexibility index (Phi) is 3.86. The van der Waals surface area contributed by atoms with E-state index in [0.717, 1.165) is 22.5 Å². The van der Waals surface area contributed by atoms with Crippen LogP contribution in [0.1, 0.15) is 50.7 Å². The van der Waals surface area contributed by atoms with Crippen molar-refractivity contribution >= 4 is 21.6 Å². The van der Waals surface area contributed by atoms with Gasteiger partial charge in [-0.1, -0.05) is 28.8 Å². The van der Waals surface area contributed by atoms with Gasteiger partial charge in [0.05, 0.1) is 6.10 Å². The van der Waals surface area contributed by atoms with Crippen molar-refractivity contribution in [1.82, 2.24) is 0 Å². The average molecular weight is 324 g/mol. The molecule has 1 N–H and O–H groups in total. The Hall–Kier alpha value is -0.540. The van der Waals surface area contributed by atoms with Crippen molar-refractivity contribution < 1.29 is 5.11 Å². The molecule has 0 aromatic heterocycles. The molecule has 3 heteroatoms. The first-order chi connectivity index (χ1) is 9.16. The maximum atomic E-state index is 10.0. The first-order valence-corrected chi connectivity index (χ1v) is 8.20. The van der Waals surface area contributed by atoms with Crippen molar-refractivity contribution in [2.24, 2.45) is 5.92 Å². The molecule has 0 spiro atoms. The Morgan fingerprint density at radius 3 is 2.84 bits per heavy atom. The van der Waals surface area contributed by atoms with Gasteiger partial charge >= 0.3 is 0 Å². The number of aliphatic hydroxyl groups excluding tert-OH is 1. The number of halogens is 1. The van der Waals surface area contributed by atoms with Gasteiger partial charge in [0.25, 0.3) is 0 Å². The summed E-state index contributed by atoms with van der Waals surface area (Å²) in [5.74, 6) is 0.874. The van der Waals surface area contributed by atoms with Crippen LogP contribution in [0, 0.1) is 5.92 Å². The summed E-state index contributed by atoms with van der Waals surface area (Å²) in [5.41, 5.74) is 2.30. The van der Waals surface area contributed by atoms with Gasteiger partial charge in [-0.05, 0) is 50.3 Å². The van der Waals surface area contributed by atoms with Gasteiger partial charge in [0, 0.05) is 28.3 Å². The van der Waals surface area contributed by atoms with E-state index < -0.39 is 6.10 Å². The third kappa shape index (κ3) is 2.55. The number of benzene rings is 1. The van der Waals surface area contributed by atoms with E-state index in [0.29, 0.717) is 6.04 Å². The largest absolute Gasteiger partial charge is 0.389 e. The van der Waals surface area contributed by atoms with Crippen molar-refractivity contribution in [3.8, 4) is 0 Å². The molecule has 19 heavy (non-hydrogen) atoms. The summed E-state index contributed by atoms with van der Waals surface area (Å²) in [6, 6.07) is 7.03. The number of anilines is 1. The lowest BCUT2D eigenvalue weighted by Crippen LogP contribution is -2.35. The number of hydrogen-bond donors (Lipinski definition) is 1. The summed E-state index contributed by atoms with van der Waals surface area (Å²) >= 11 is 3.51. The predicted octanol–water partition coefficient (Wildman–Crippen LogP) is 4.27. The first-order valence-electron chi connectivity index (χ1n) is 7.41. The van der Waals surface area contributed by atoms with Crippen LogP contribution in [0.15, 0.2) is 22.7 Å². The lowest BCUT2D eigenvalue weighted by molar-refractivity contribution is 0.199. The lowest BCUT2D eigenvalue weighted by Gasteiger charge is -2.34. The van der Waals surface area contributed by atoms with E-state index >= 15 is 0 Å². The zero-order valence-corrected chi connectivity index (χ0v) is 13.1. The lowest BCUT2D eigenvalue weighted by atomic mass is 9.85. The van der Waals surface area contributed by atoms with Gasteiger partial charge in [0.1, 0.15) is 0 Å². The maximum absolute atomic E-state index is 10.0. The fraction of sp³-hybridized carbons (Fsp3) is 0.625. The summed E-state index contributed by atoms with van der Waals surface area (Å²) in [6.45, 7) is 3.01. The van der Waals surface area contributed by atoms with Crippen LogP contribution >= 0.6 is 15.9 Å². The molecule has 1 heterocycles. The number of hydrogen-bond acceptors (Lipinski definition) is 2. The van der Waals surface area contributed by atoms with E-state index in [1.807, 2.05) is 6.92 Å². The average Bonchev–Trinajstić information content (AvgIpc) is 2.82. The van der Waals surface area contributed by atoms with Crippen molar-refractivity contribution in [2.45, 2.75) is 51.2 Å². The first kappa shape index (κ1) is 13.4. The molecule has 2 aliphatic rings. The minimum atomic E-state index is -0.407. The molecule has 3 atom stereocenters. The number of aliphatic hydroxyl groups is 1. The fourth-order valence-corrected chi connectivity index (χ4v) is 4.21. The second kappa shape index (κ2) is 5.45. The third-order valence-electron chi connectivity index (χ3n) is 4.76. The summed E-state index contributed by atoms with van der Waals surface area (Å²) in [4.78, 5) is 2.55. The molecular formula is C16H22BrNO. The van der Waals surface area contributed by atoms with Crippen LogP contribution in [-0.4, -0.2) is 17.7 Å². The summed E-state index contributed by atoms with van der Waals surface area (Å²) < 4.78 is 1.05. The van der Waals surface area contributed by atoms with Crippen LogP contribution in [0.2, 0.25) is 0 Å². The summed E-state index contributed by atoms with van der Waals surface area (Å²) in [5, 5.41) is 10.0. The smallest absolute Gasteiger partial charge is 0.0782 e. The monoisotopic (exact) mass is 323 g/mol. The van der Waals surface area contributed by atoms with Crippen LogP contribution in [0.25, 0.3) is 0 Å². The Morgan fingerprint density at radius 1 is 1.26 bits per heavy atom. The van der Waals surface area contributed by atoms with Gasteiger partial charge in [-0.3, -0.25) is 0 Å². The van der Waals surface area contributed by atoms with Gasteiger partial charge in [-0.15, -0.1) is 0 Å². The van der Waals surface area contributed by atoms with Crippen molar-refractivity contribution in [3.05, 3.63) is 28.2 Å². The molecule has 1 aliphatic heterocycles. The van der Waals surface area contributed by atoms with E-state index in [1.54, 1.807) is 0 Å². The molecule has 3 rings (SSSR count). The van der Waals surface area contributed by atoms with Crippen LogP contribution in [-0.2, 0) is 0 Å². The van der Waals surface area contributed by atoms with E-state index in [2.05, 4.69) is 39.0 Å². The summed E-state index contributed by atoms with van der Waals surface area (Å²) in [7, 11) is 0. The Morgan fingerprint density at radius 2 is 2.05 bits per heavy atom. The summed E-state index contributed by atoms with van der Waals surface area (Å²) in [6.07, 6.45) is 6.38. The van der Waals surface area contributed by atoms with Crippen LogP contribution in [0.5, 0.6) is 0 Å². The highest BCUT2D eigenvalue weighted by atomic mass is 79.9. The second-order valence-corrected chi connectivity index (χ2v) is 6.89. The minimum absolute atomic E-state index is 0.407. The van der Waals surface area contributed by atoms with Gasteiger partial charge in [0.2, 0.25) is 0 Å². The quantitative estimate of drug-likeness (QED) is 0.878. The van der Waals surface area contributed by atoms with Gasteiger partial charge in [-0.25, -0.2) is 0 Å². The fourth-order valence-electron chi connectivity index (χ4n) is 3.83. The van der Waals surface area contributed by atoms with Crippen molar-refractivity contribution in [1.29, 1.82) is 0 Å². The molecule has 0 radical (unpaired) electrons. The molecule has 2 nitrogen and oxygen atoms in total. The molecule has 0 bridgehead atoms. The van der Waals surface area contributed by atoms with Gasteiger partial charge in [0.15, 0.2) is 0 Å². The molecule has 104 valence electrons. The number of rotatable bonds is 2. The molecule has 1 saturated carbocycles. The molecule has 0 amide bonds. The van der Waals surface area contributed by atoms with Gasteiger partial charge in [-0.2, -0.15) is 0 Å². The zero-order valence-electron chi connectivity index (χ0n) is 11.5. The molecule has 3 unspecified atom stereocenters. The highest BCUT2D eigenvalue weighted by Crippen LogP contribution is 2.41. The molecule has 2 fully saturated rings. The second-order valence-electron chi connectivity index (χ2n) is 5.97. The molecule has 1 aliphatic carbocycles. The van der Waals surface area contributed by atoms with Crippen LogP contribution in [0.3, 0.4) is 0 Å². The van der Waals surface area contributed by atoms with Crippen molar-refractivity contribution in [2.75, 3.05) is 11.4 Å². The minimum Gasteiger partial charge on any atom is -0.389 e. The Bertz CT molecular complexity index is 460. The van der Waals surface area contributed by atoms with Crippen molar-refractivity contribution in [3.63, 3.8) is 0 Å². The standard InChI is InChI=1S/C16H22BrNO/c1-11(19)14-10-13(17)6-7-16(14)18-9-8-12-4-2-3-5-15(12)18/h6-7,10-12,15,19H,2-5,8-9H2,1H3. The molecule has 1 aromatic rings. The number of fused-ring (bicyclic) bond motifs is 1. The highest BCUT2D eigenvalue weighted by molar-refractivity contribution is 9.10. The van der Waals surface area contributed by atoms with Crippen LogP contribution in [0.4, 0.5) is 5.69 Å². The van der Waals surface area contributed by atoms with Gasteiger partial charge < -0.3 is 10.0 Å². The topological polar surface area (TPSA) is 23.5 Å². The molecule has 1 aromatic carbocycles. The van der Waals surface area contributed by atoms with E-state index in [-0.39, 0.29) is 0 Å². The predicted molar refractivity (Wildman–Crippen MR) is 82.5 cm³/mol. The normalized spacial score (nSPS) is 28.3. The zero-order chi connectivity index (χ0) is 13.4. The van der Waals surface area contributed by atoms with Crippen LogP contribution < -0.4 is 4.90 Å². The molecule has 1 saturated heterocycles. The SMILES string of the molecule is CC(O)c1cc(Br)ccc1N1CCC2CCCCC21. The molecular weight excluding hydrogens is 302 g/mol.